The first kappa shape index (κ1) is 19.9. The van der Waals surface area contributed by atoms with E-state index in [1.807, 2.05) is 32.0 Å². The Labute approximate surface area is 165 Å². The number of aromatic nitrogens is 1. The lowest BCUT2D eigenvalue weighted by Crippen LogP contribution is -2.32. The largest absolute Gasteiger partial charge is 0.454 e. The van der Waals surface area contributed by atoms with E-state index in [1.54, 1.807) is 24.3 Å². The number of carbonyl (C=O) groups excluding carboxylic acids is 2. The molecule has 1 amide bonds. The highest BCUT2D eigenvalue weighted by atomic mass is 32.1. The summed E-state index contributed by atoms with van der Waals surface area (Å²) in [6, 6.07) is 12.6. The molecule has 28 heavy (non-hydrogen) atoms. The number of amides is 1. The number of nitrogens with one attached hydrogen (secondary N) is 1. The molecule has 0 saturated heterocycles. The number of rotatable bonds is 6. The van der Waals surface area contributed by atoms with E-state index in [4.69, 9.17) is 4.74 Å². The fourth-order valence-corrected chi connectivity index (χ4v) is 3.50. The van der Waals surface area contributed by atoms with Crippen molar-refractivity contribution < 1.29 is 24.5 Å². The van der Waals surface area contributed by atoms with Crippen LogP contribution in [0.15, 0.2) is 42.5 Å². The molecule has 0 spiro atoms. The summed E-state index contributed by atoms with van der Waals surface area (Å²) in [6.07, 6.45) is -3.37. The average molecular weight is 400 g/mol. The Bertz CT molecular complexity index is 984. The van der Waals surface area contributed by atoms with Gasteiger partial charge >= 0.3 is 5.97 Å². The number of aliphatic hydroxyl groups is 2. The summed E-state index contributed by atoms with van der Waals surface area (Å²) in [5.41, 5.74) is 3.36. The van der Waals surface area contributed by atoms with Gasteiger partial charge in [-0.05, 0) is 49.2 Å². The number of anilines is 1. The lowest BCUT2D eigenvalue weighted by Gasteiger charge is -2.14. The summed E-state index contributed by atoms with van der Waals surface area (Å²) in [7, 11) is 0. The van der Waals surface area contributed by atoms with Gasteiger partial charge in [-0.2, -0.15) is 0 Å². The van der Waals surface area contributed by atoms with E-state index < -0.39 is 30.7 Å². The summed E-state index contributed by atoms with van der Waals surface area (Å²) in [5.74, 6) is -1.64. The monoisotopic (exact) mass is 400 g/mol. The van der Waals surface area contributed by atoms with Gasteiger partial charge < -0.3 is 20.3 Å². The predicted molar refractivity (Wildman–Crippen MR) is 106 cm³/mol. The molecule has 0 aliphatic carbocycles. The van der Waals surface area contributed by atoms with Crippen LogP contribution in [0.3, 0.4) is 0 Å². The van der Waals surface area contributed by atoms with Gasteiger partial charge in [0.2, 0.25) is 0 Å². The lowest BCUT2D eigenvalue weighted by atomic mass is 10.1. The topological polar surface area (TPSA) is 109 Å². The van der Waals surface area contributed by atoms with Gasteiger partial charge in [0.25, 0.3) is 5.91 Å². The molecular formula is C20H20N2O5S. The Hall–Kier alpha value is -2.81. The molecule has 0 saturated carbocycles. The highest BCUT2D eigenvalue weighted by molar-refractivity contribution is 7.18. The van der Waals surface area contributed by atoms with E-state index in [2.05, 4.69) is 10.3 Å². The van der Waals surface area contributed by atoms with E-state index >= 15 is 0 Å². The molecule has 0 fully saturated rings. The molecule has 7 nitrogen and oxygen atoms in total. The van der Waals surface area contributed by atoms with Crippen LogP contribution in [0.2, 0.25) is 0 Å². The number of fused-ring (bicyclic) bond motifs is 1. The van der Waals surface area contributed by atoms with Gasteiger partial charge in [0.05, 0.1) is 10.2 Å². The number of aryl methyl sites for hydroxylation is 2. The van der Waals surface area contributed by atoms with Crippen LogP contribution in [0.4, 0.5) is 5.69 Å². The van der Waals surface area contributed by atoms with Gasteiger partial charge in [0.15, 0.2) is 12.7 Å². The van der Waals surface area contributed by atoms with Gasteiger partial charge in [-0.1, -0.05) is 18.2 Å². The second-order valence-electron chi connectivity index (χ2n) is 6.36. The summed E-state index contributed by atoms with van der Waals surface area (Å²) in [5, 5.41) is 23.1. The number of aliphatic hydroxyl groups excluding tert-OH is 2. The van der Waals surface area contributed by atoms with Crippen LogP contribution in [0.25, 0.3) is 10.2 Å². The van der Waals surface area contributed by atoms with Gasteiger partial charge in [0.1, 0.15) is 11.1 Å². The number of carbonyl (C=O) groups is 2. The third kappa shape index (κ3) is 4.53. The fraction of sp³-hybridized carbons (Fsp3) is 0.250. The molecule has 0 aliphatic rings. The Balaban J connectivity index is 1.55. The molecular weight excluding hydrogens is 380 g/mol. The molecule has 1 aromatic heterocycles. The van der Waals surface area contributed by atoms with Gasteiger partial charge in [-0.3, -0.25) is 4.79 Å². The molecule has 2 aromatic carbocycles. The van der Waals surface area contributed by atoms with Gasteiger partial charge in [0, 0.05) is 5.69 Å². The van der Waals surface area contributed by atoms with Crippen molar-refractivity contribution in [3.63, 3.8) is 0 Å². The molecule has 0 unspecified atom stereocenters. The van der Waals surface area contributed by atoms with Crippen LogP contribution in [-0.2, 0) is 14.3 Å². The number of ether oxygens (including phenoxy) is 1. The van der Waals surface area contributed by atoms with Crippen molar-refractivity contribution in [2.45, 2.75) is 26.1 Å². The van der Waals surface area contributed by atoms with Crippen LogP contribution in [0, 0.1) is 13.8 Å². The maximum absolute atomic E-state index is 12.0. The Kier molecular flexibility index (Phi) is 6.03. The first-order chi connectivity index (χ1) is 13.3. The summed E-state index contributed by atoms with van der Waals surface area (Å²) < 4.78 is 5.65. The minimum absolute atomic E-state index is 0.199. The van der Waals surface area contributed by atoms with Crippen molar-refractivity contribution >= 4 is 39.1 Å². The molecule has 3 rings (SSSR count). The van der Waals surface area contributed by atoms with Crippen molar-refractivity contribution in [2.75, 3.05) is 11.9 Å². The fourth-order valence-electron chi connectivity index (χ4n) is 2.52. The number of para-hydroxylation sites is 1. The van der Waals surface area contributed by atoms with E-state index in [9.17, 15) is 19.8 Å². The van der Waals surface area contributed by atoms with Crippen LogP contribution in [-0.4, -0.2) is 39.8 Å². The minimum Gasteiger partial charge on any atom is -0.454 e. The maximum atomic E-state index is 12.0. The minimum atomic E-state index is -1.84. The number of thiazole rings is 1. The van der Waals surface area contributed by atoms with Crippen LogP contribution < -0.4 is 5.32 Å². The molecule has 3 N–H and O–H groups in total. The van der Waals surface area contributed by atoms with Crippen LogP contribution >= 0.6 is 11.3 Å². The highest BCUT2D eigenvalue weighted by Crippen LogP contribution is 2.28. The quantitative estimate of drug-likeness (QED) is 0.549. The maximum Gasteiger partial charge on any atom is 0.338 e. The Morgan fingerprint density at radius 1 is 1.14 bits per heavy atom. The van der Waals surface area contributed by atoms with Crippen molar-refractivity contribution in [3.05, 3.63) is 58.6 Å². The third-order valence-electron chi connectivity index (χ3n) is 4.24. The zero-order valence-corrected chi connectivity index (χ0v) is 16.2. The van der Waals surface area contributed by atoms with Gasteiger partial charge in [-0.15, -0.1) is 11.3 Å². The summed E-state index contributed by atoms with van der Waals surface area (Å²) in [4.78, 5) is 28.1. The molecule has 8 heteroatoms. The van der Waals surface area contributed by atoms with Crippen LogP contribution in [0.5, 0.6) is 0 Å². The van der Waals surface area contributed by atoms with E-state index in [-0.39, 0.29) is 5.01 Å². The molecule has 0 bridgehead atoms. The second-order valence-corrected chi connectivity index (χ2v) is 7.43. The molecule has 146 valence electrons. The molecule has 0 aliphatic heterocycles. The average Bonchev–Trinajstić information content (AvgIpc) is 3.12. The molecule has 3 aromatic rings. The first-order valence-electron chi connectivity index (χ1n) is 8.60. The van der Waals surface area contributed by atoms with Crippen molar-refractivity contribution in [1.29, 1.82) is 0 Å². The SMILES string of the molecule is Cc1ccc(NC(=O)COC(=O)[C@H](O)[C@@H](O)c2nc3ccccc3s2)cc1C. The van der Waals surface area contributed by atoms with Gasteiger partial charge in [-0.25, -0.2) is 9.78 Å². The van der Waals surface area contributed by atoms with Crippen molar-refractivity contribution in [1.82, 2.24) is 4.98 Å². The number of hydrogen-bond acceptors (Lipinski definition) is 7. The summed E-state index contributed by atoms with van der Waals surface area (Å²) in [6.45, 7) is 3.31. The summed E-state index contributed by atoms with van der Waals surface area (Å²) >= 11 is 1.17. The zero-order chi connectivity index (χ0) is 20.3. The third-order valence-corrected chi connectivity index (χ3v) is 5.35. The number of esters is 1. The van der Waals surface area contributed by atoms with Crippen molar-refractivity contribution in [3.8, 4) is 0 Å². The molecule has 2 atom stereocenters. The normalized spacial score (nSPS) is 13.1. The lowest BCUT2D eigenvalue weighted by molar-refractivity contribution is -0.161. The highest BCUT2D eigenvalue weighted by Gasteiger charge is 2.30. The predicted octanol–water partition coefficient (Wildman–Crippen LogP) is 2.49. The van der Waals surface area contributed by atoms with E-state index in [0.717, 1.165) is 15.8 Å². The molecule has 1 heterocycles. The first-order valence-corrected chi connectivity index (χ1v) is 9.42. The Morgan fingerprint density at radius 3 is 2.61 bits per heavy atom. The van der Waals surface area contributed by atoms with Crippen LogP contribution in [0.1, 0.15) is 22.2 Å². The number of benzene rings is 2. The number of nitrogens with zero attached hydrogens (tertiary/aromatic N) is 1. The van der Waals surface area contributed by atoms with E-state index in [0.29, 0.717) is 11.2 Å². The smallest absolute Gasteiger partial charge is 0.338 e. The zero-order valence-electron chi connectivity index (χ0n) is 15.4. The standard InChI is InChI=1S/C20H20N2O5S/c1-11-7-8-13(9-12(11)2)21-16(23)10-27-20(26)18(25)17(24)19-22-14-5-3-4-6-15(14)28-19/h3-9,17-18,24-25H,10H2,1-2H3,(H,21,23)/t17-,18-/m1/s1. The number of hydrogen-bond donors (Lipinski definition) is 3. The second kappa shape index (κ2) is 8.47. The van der Waals surface area contributed by atoms with Crippen molar-refractivity contribution in [2.24, 2.45) is 0 Å². The van der Waals surface area contributed by atoms with E-state index in [1.165, 1.54) is 11.3 Å². The molecule has 0 radical (unpaired) electrons. The Morgan fingerprint density at radius 2 is 1.89 bits per heavy atom.